The number of nitrogens with zero attached hydrogens (tertiary/aromatic N) is 2. The smallest absolute Gasteiger partial charge is 0.104 e. The number of fused-ring (bicyclic) bond motifs is 1. The van der Waals surface area contributed by atoms with Crippen LogP contribution in [0.15, 0.2) is 42.2 Å². The van der Waals surface area contributed by atoms with Crippen LogP contribution in [0.3, 0.4) is 0 Å². The molecule has 0 radical (unpaired) electrons. The van der Waals surface area contributed by atoms with Gasteiger partial charge in [-0.3, -0.25) is 4.98 Å². The van der Waals surface area contributed by atoms with Crippen LogP contribution < -0.4 is 5.73 Å². The van der Waals surface area contributed by atoms with Gasteiger partial charge in [0.05, 0.1) is 12.1 Å². The van der Waals surface area contributed by atoms with E-state index in [0.29, 0.717) is 4.99 Å². The van der Waals surface area contributed by atoms with E-state index < -0.39 is 0 Å². The number of thiocarbonyl (C=S) groups is 1. The largest absolute Gasteiger partial charge is 0.389 e. The molecule has 3 nitrogen and oxygen atoms in total. The topological polar surface area (TPSA) is 43.8 Å². The predicted octanol–water partition coefficient (Wildman–Crippen LogP) is 2.78. The van der Waals surface area contributed by atoms with Crippen molar-refractivity contribution in [3.8, 4) is 0 Å². The van der Waals surface area contributed by atoms with E-state index >= 15 is 0 Å². The summed E-state index contributed by atoms with van der Waals surface area (Å²) < 4.78 is 2.19. The van der Waals surface area contributed by atoms with Crippen molar-refractivity contribution in [2.24, 2.45) is 5.73 Å². The molecular weight excluding hydrogens is 262 g/mol. The van der Waals surface area contributed by atoms with E-state index in [0.717, 1.165) is 23.0 Å². The predicted molar refractivity (Wildman–Crippen MR) is 79.0 cm³/mol. The molecule has 90 valence electrons. The van der Waals surface area contributed by atoms with Gasteiger partial charge in [-0.2, -0.15) is 0 Å². The number of rotatable bonds is 3. The Morgan fingerprint density at radius 1 is 1.39 bits per heavy atom. The van der Waals surface area contributed by atoms with Gasteiger partial charge in [0.1, 0.15) is 4.99 Å². The third-order valence-electron chi connectivity index (χ3n) is 2.89. The third kappa shape index (κ3) is 1.91. The summed E-state index contributed by atoms with van der Waals surface area (Å²) in [5, 5.41) is 1.11. The lowest BCUT2D eigenvalue weighted by molar-refractivity contribution is 0.849. The summed E-state index contributed by atoms with van der Waals surface area (Å²) in [6, 6.07) is 8.09. The van der Waals surface area contributed by atoms with Crippen molar-refractivity contribution in [1.82, 2.24) is 9.55 Å². The monoisotopic (exact) mass is 273 g/mol. The van der Waals surface area contributed by atoms with E-state index in [1.54, 1.807) is 11.3 Å². The van der Waals surface area contributed by atoms with Crippen molar-refractivity contribution in [2.75, 3.05) is 0 Å². The van der Waals surface area contributed by atoms with E-state index in [9.17, 15) is 0 Å². The second-order valence-corrected chi connectivity index (χ2v) is 5.42. The molecule has 0 spiro atoms. The molecule has 0 fully saturated rings. The molecule has 0 aliphatic carbocycles. The zero-order valence-electron chi connectivity index (χ0n) is 9.54. The van der Waals surface area contributed by atoms with Crippen LogP contribution in [0.5, 0.6) is 0 Å². The van der Waals surface area contributed by atoms with E-state index in [1.165, 1.54) is 4.88 Å². The first-order valence-electron chi connectivity index (χ1n) is 5.51. The Morgan fingerprint density at radius 2 is 2.28 bits per heavy atom. The van der Waals surface area contributed by atoms with E-state index in [-0.39, 0.29) is 0 Å². The maximum absolute atomic E-state index is 5.74. The molecular formula is C13H11N3S2. The average Bonchev–Trinajstić information content (AvgIpc) is 2.99. The van der Waals surface area contributed by atoms with Gasteiger partial charge in [0.25, 0.3) is 0 Å². The molecule has 3 rings (SSSR count). The first-order chi connectivity index (χ1) is 8.75. The molecule has 0 saturated heterocycles. The summed E-state index contributed by atoms with van der Waals surface area (Å²) >= 11 is 6.73. The van der Waals surface area contributed by atoms with Crippen LogP contribution >= 0.6 is 23.6 Å². The van der Waals surface area contributed by atoms with Crippen molar-refractivity contribution < 1.29 is 0 Å². The van der Waals surface area contributed by atoms with Gasteiger partial charge in [0.15, 0.2) is 0 Å². The van der Waals surface area contributed by atoms with Gasteiger partial charge in [-0.1, -0.05) is 24.4 Å². The molecule has 0 unspecified atom stereocenters. The van der Waals surface area contributed by atoms with E-state index in [2.05, 4.69) is 27.9 Å². The van der Waals surface area contributed by atoms with Crippen molar-refractivity contribution >= 4 is 39.4 Å². The van der Waals surface area contributed by atoms with Crippen LogP contribution in [-0.2, 0) is 6.54 Å². The quantitative estimate of drug-likeness (QED) is 0.746. The van der Waals surface area contributed by atoms with Crippen LogP contribution in [0.4, 0.5) is 0 Å². The van der Waals surface area contributed by atoms with Crippen molar-refractivity contribution in [1.29, 1.82) is 0 Å². The Kier molecular flexibility index (Phi) is 2.85. The highest BCUT2D eigenvalue weighted by atomic mass is 32.1. The van der Waals surface area contributed by atoms with Gasteiger partial charge in [-0.25, -0.2) is 0 Å². The second kappa shape index (κ2) is 4.51. The van der Waals surface area contributed by atoms with Gasteiger partial charge in [0, 0.05) is 33.7 Å². The molecule has 5 heteroatoms. The number of hydrogen-bond acceptors (Lipinski definition) is 3. The van der Waals surface area contributed by atoms with Crippen LogP contribution in [0.1, 0.15) is 10.4 Å². The molecule has 0 aliphatic heterocycles. The SMILES string of the molecule is NC(=S)c1cccc2c1ccn2Cc1cncs1. The fourth-order valence-electron chi connectivity index (χ4n) is 2.06. The zero-order valence-corrected chi connectivity index (χ0v) is 11.2. The molecule has 1 aromatic carbocycles. The number of thiazole rings is 1. The molecule has 2 aromatic heterocycles. The number of hydrogen-bond donors (Lipinski definition) is 1. The van der Waals surface area contributed by atoms with Gasteiger partial charge >= 0.3 is 0 Å². The first-order valence-corrected chi connectivity index (χ1v) is 6.79. The Morgan fingerprint density at radius 3 is 3.00 bits per heavy atom. The Bertz CT molecular complexity index is 698. The van der Waals surface area contributed by atoms with Gasteiger partial charge in [0.2, 0.25) is 0 Å². The molecule has 0 aliphatic rings. The minimum Gasteiger partial charge on any atom is -0.389 e. The summed E-state index contributed by atoms with van der Waals surface area (Å²) in [6.45, 7) is 0.828. The fraction of sp³-hybridized carbons (Fsp3) is 0.0769. The number of benzene rings is 1. The first kappa shape index (κ1) is 11.4. The van der Waals surface area contributed by atoms with Crippen LogP contribution in [-0.4, -0.2) is 14.5 Å². The molecule has 0 saturated carbocycles. The lowest BCUT2D eigenvalue weighted by atomic mass is 10.1. The molecule has 2 N–H and O–H groups in total. The maximum Gasteiger partial charge on any atom is 0.104 e. The average molecular weight is 273 g/mol. The van der Waals surface area contributed by atoms with Crippen molar-refractivity contribution in [3.05, 3.63) is 52.6 Å². The van der Waals surface area contributed by atoms with Crippen LogP contribution in [0, 0.1) is 0 Å². The Labute approximate surface area is 114 Å². The standard InChI is InChI=1S/C13H11N3S2/c14-13(17)11-2-1-3-12-10(11)4-5-16(12)7-9-6-15-8-18-9/h1-6,8H,7H2,(H2,14,17). The fourth-order valence-corrected chi connectivity index (χ4v) is 2.83. The number of aromatic nitrogens is 2. The summed E-state index contributed by atoms with van der Waals surface area (Å²) in [5.41, 5.74) is 9.67. The molecule has 0 atom stereocenters. The summed E-state index contributed by atoms with van der Waals surface area (Å²) in [4.78, 5) is 5.76. The van der Waals surface area contributed by atoms with Gasteiger partial charge in [-0.15, -0.1) is 11.3 Å². The number of nitrogens with two attached hydrogens (primary N) is 1. The molecule has 18 heavy (non-hydrogen) atoms. The highest BCUT2D eigenvalue weighted by molar-refractivity contribution is 7.80. The van der Waals surface area contributed by atoms with Gasteiger partial charge < -0.3 is 10.3 Å². The Hall–Kier alpha value is -1.72. The highest BCUT2D eigenvalue weighted by Gasteiger charge is 2.07. The van der Waals surface area contributed by atoms with Crippen molar-refractivity contribution in [2.45, 2.75) is 6.54 Å². The lowest BCUT2D eigenvalue weighted by Gasteiger charge is -2.05. The summed E-state index contributed by atoms with van der Waals surface area (Å²) in [5.74, 6) is 0. The van der Waals surface area contributed by atoms with Gasteiger partial charge in [-0.05, 0) is 12.1 Å². The van der Waals surface area contributed by atoms with Crippen LogP contribution in [0.2, 0.25) is 0 Å². The minimum atomic E-state index is 0.441. The summed E-state index contributed by atoms with van der Waals surface area (Å²) in [6.07, 6.45) is 3.96. The minimum absolute atomic E-state index is 0.441. The lowest BCUT2D eigenvalue weighted by Crippen LogP contribution is -2.09. The molecule has 3 aromatic rings. The normalized spacial score (nSPS) is 10.9. The van der Waals surface area contributed by atoms with E-state index in [4.69, 9.17) is 18.0 Å². The van der Waals surface area contributed by atoms with E-state index in [1.807, 2.05) is 23.8 Å². The van der Waals surface area contributed by atoms with Crippen molar-refractivity contribution in [3.63, 3.8) is 0 Å². The maximum atomic E-state index is 5.74. The Balaban J connectivity index is 2.09. The molecule has 0 amide bonds. The molecule has 0 bridgehead atoms. The third-order valence-corrected chi connectivity index (χ3v) is 3.87. The molecule has 2 heterocycles. The second-order valence-electron chi connectivity index (χ2n) is 4.01. The highest BCUT2D eigenvalue weighted by Crippen LogP contribution is 2.22. The zero-order chi connectivity index (χ0) is 12.5. The van der Waals surface area contributed by atoms with Crippen LogP contribution in [0.25, 0.3) is 10.9 Å². The summed E-state index contributed by atoms with van der Waals surface area (Å²) in [7, 11) is 0.